The van der Waals surface area contributed by atoms with Crippen LogP contribution in [0.15, 0.2) is 59.2 Å². The van der Waals surface area contributed by atoms with Gasteiger partial charge in [0.1, 0.15) is 11.6 Å². The fourth-order valence-corrected chi connectivity index (χ4v) is 2.87. The van der Waals surface area contributed by atoms with Gasteiger partial charge in [0.15, 0.2) is 0 Å². The minimum absolute atomic E-state index is 0.0596. The van der Waals surface area contributed by atoms with Crippen LogP contribution in [0.1, 0.15) is 15.9 Å². The summed E-state index contributed by atoms with van der Waals surface area (Å²) < 4.78 is 15.7. The maximum absolute atomic E-state index is 13.1. The van der Waals surface area contributed by atoms with E-state index in [0.717, 1.165) is 16.1 Å². The van der Waals surface area contributed by atoms with E-state index in [1.165, 1.54) is 12.1 Å². The fraction of sp³-hybridized carbons (Fsp3) is 0.0588. The summed E-state index contributed by atoms with van der Waals surface area (Å²) in [6, 6.07) is 13.1. The topological polar surface area (TPSA) is 46.9 Å². The molecule has 0 saturated carbocycles. The molecule has 1 N–H and O–H groups in total. The van der Waals surface area contributed by atoms with E-state index in [1.807, 2.05) is 24.3 Å². The van der Waals surface area contributed by atoms with Crippen molar-refractivity contribution >= 4 is 39.3 Å². The Bertz CT molecular complexity index is 897. The van der Waals surface area contributed by atoms with Crippen LogP contribution in [0.25, 0.3) is 0 Å². The lowest BCUT2D eigenvalue weighted by molar-refractivity contribution is 0.102. The molecular formula is C17H12BrClFN3O. The van der Waals surface area contributed by atoms with Crippen molar-refractivity contribution in [1.29, 1.82) is 0 Å². The molecule has 0 saturated heterocycles. The molecule has 3 rings (SSSR count). The maximum atomic E-state index is 13.1. The van der Waals surface area contributed by atoms with Crippen LogP contribution in [-0.4, -0.2) is 15.7 Å². The molecule has 0 spiro atoms. The Morgan fingerprint density at radius 2 is 2.04 bits per heavy atom. The van der Waals surface area contributed by atoms with Gasteiger partial charge in [-0.15, -0.1) is 0 Å². The molecule has 7 heteroatoms. The number of hydrogen-bond donors (Lipinski definition) is 1. The third-order valence-corrected chi connectivity index (χ3v) is 4.50. The largest absolute Gasteiger partial charge is 0.307 e. The van der Waals surface area contributed by atoms with Gasteiger partial charge < -0.3 is 5.32 Å². The Morgan fingerprint density at radius 1 is 1.25 bits per heavy atom. The van der Waals surface area contributed by atoms with Crippen molar-refractivity contribution in [2.75, 3.05) is 5.32 Å². The van der Waals surface area contributed by atoms with Gasteiger partial charge in [0.25, 0.3) is 5.91 Å². The van der Waals surface area contributed by atoms with Gasteiger partial charge in [-0.1, -0.05) is 45.7 Å². The molecule has 0 radical (unpaired) electrons. The zero-order valence-electron chi connectivity index (χ0n) is 12.3. The number of carbonyl (C=O) groups is 1. The van der Waals surface area contributed by atoms with Crippen LogP contribution in [0.2, 0.25) is 5.02 Å². The number of rotatable bonds is 4. The molecule has 0 atom stereocenters. The smallest absolute Gasteiger partial charge is 0.258 e. The van der Waals surface area contributed by atoms with E-state index in [1.54, 1.807) is 16.9 Å². The highest BCUT2D eigenvalue weighted by Crippen LogP contribution is 2.21. The third-order valence-electron chi connectivity index (χ3n) is 3.41. The Kier molecular flexibility index (Phi) is 4.97. The maximum Gasteiger partial charge on any atom is 0.258 e. The second-order valence-electron chi connectivity index (χ2n) is 5.04. The van der Waals surface area contributed by atoms with Crippen molar-refractivity contribution in [2.45, 2.75) is 6.54 Å². The first-order valence-corrected chi connectivity index (χ1v) is 8.23. The average molecular weight is 409 g/mol. The van der Waals surface area contributed by atoms with Gasteiger partial charge in [0, 0.05) is 10.5 Å². The van der Waals surface area contributed by atoms with Gasteiger partial charge in [-0.05, 0) is 29.8 Å². The summed E-state index contributed by atoms with van der Waals surface area (Å²) in [7, 11) is 0. The molecule has 0 aliphatic carbocycles. The number of aromatic nitrogens is 2. The lowest BCUT2D eigenvalue weighted by Crippen LogP contribution is -2.16. The van der Waals surface area contributed by atoms with Crippen LogP contribution >= 0.6 is 27.5 Å². The minimum Gasteiger partial charge on any atom is -0.307 e. The number of nitrogens with one attached hydrogen (secondary N) is 1. The summed E-state index contributed by atoms with van der Waals surface area (Å²) in [6.07, 6.45) is 1.60. The first kappa shape index (κ1) is 16.7. The summed E-state index contributed by atoms with van der Waals surface area (Å²) in [4.78, 5) is 12.3. The highest BCUT2D eigenvalue weighted by molar-refractivity contribution is 9.10. The number of anilines is 1. The van der Waals surface area contributed by atoms with Crippen molar-refractivity contribution in [2.24, 2.45) is 0 Å². The number of nitrogens with zero attached hydrogens (tertiary/aromatic N) is 2. The molecule has 0 bridgehead atoms. The van der Waals surface area contributed by atoms with Gasteiger partial charge in [-0.25, -0.2) is 9.07 Å². The van der Waals surface area contributed by atoms with E-state index in [-0.39, 0.29) is 10.6 Å². The average Bonchev–Trinajstić information content (AvgIpc) is 2.96. The molecule has 3 aromatic rings. The lowest BCUT2D eigenvalue weighted by atomic mass is 10.2. The van der Waals surface area contributed by atoms with Crippen molar-refractivity contribution in [3.63, 3.8) is 0 Å². The molecule has 0 unspecified atom stereocenters. The molecule has 4 nitrogen and oxygen atoms in total. The van der Waals surface area contributed by atoms with Crippen molar-refractivity contribution in [3.05, 3.63) is 81.2 Å². The standard InChI is InChI=1S/C17H12BrClFN3O/c18-14-4-2-1-3-11(14)10-23-16(7-8-21-23)22-17(24)13-6-5-12(20)9-15(13)19/h1-9H,10H2,(H,22,24). The van der Waals surface area contributed by atoms with Crippen molar-refractivity contribution < 1.29 is 9.18 Å². The summed E-state index contributed by atoms with van der Waals surface area (Å²) in [5.74, 6) is -0.388. The van der Waals surface area contributed by atoms with E-state index in [2.05, 4.69) is 26.3 Å². The van der Waals surface area contributed by atoms with Crippen LogP contribution in [0, 0.1) is 5.82 Å². The van der Waals surface area contributed by atoms with Gasteiger partial charge >= 0.3 is 0 Å². The monoisotopic (exact) mass is 407 g/mol. The molecule has 0 fully saturated rings. The molecule has 0 aliphatic heterocycles. The molecular weight excluding hydrogens is 397 g/mol. The molecule has 24 heavy (non-hydrogen) atoms. The van der Waals surface area contributed by atoms with Crippen LogP contribution in [0.3, 0.4) is 0 Å². The van der Waals surface area contributed by atoms with Crippen LogP contribution in [-0.2, 0) is 6.54 Å². The number of carbonyl (C=O) groups excluding carboxylic acids is 1. The predicted octanol–water partition coefficient (Wildman–Crippen LogP) is 4.74. The molecule has 122 valence electrons. The summed E-state index contributed by atoms with van der Waals surface area (Å²) >= 11 is 9.41. The summed E-state index contributed by atoms with van der Waals surface area (Å²) in [5, 5.41) is 7.03. The lowest BCUT2D eigenvalue weighted by Gasteiger charge is -2.11. The molecule has 1 heterocycles. The second kappa shape index (κ2) is 7.15. The molecule has 0 aliphatic rings. The van der Waals surface area contributed by atoms with Gasteiger partial charge in [0.05, 0.1) is 23.3 Å². The number of benzene rings is 2. The molecule has 1 amide bonds. The van der Waals surface area contributed by atoms with Crippen molar-refractivity contribution in [1.82, 2.24) is 9.78 Å². The van der Waals surface area contributed by atoms with Crippen LogP contribution in [0.5, 0.6) is 0 Å². The first-order valence-electron chi connectivity index (χ1n) is 7.06. The highest BCUT2D eigenvalue weighted by atomic mass is 79.9. The van der Waals surface area contributed by atoms with E-state index in [9.17, 15) is 9.18 Å². The van der Waals surface area contributed by atoms with Gasteiger partial charge in [-0.2, -0.15) is 5.10 Å². The van der Waals surface area contributed by atoms with E-state index < -0.39 is 11.7 Å². The Morgan fingerprint density at radius 3 is 2.79 bits per heavy atom. The zero-order valence-corrected chi connectivity index (χ0v) is 14.7. The first-order chi connectivity index (χ1) is 11.5. The Balaban J connectivity index is 1.80. The second-order valence-corrected chi connectivity index (χ2v) is 6.31. The third kappa shape index (κ3) is 3.66. The zero-order chi connectivity index (χ0) is 17.1. The number of halogens is 3. The van der Waals surface area contributed by atoms with Gasteiger partial charge in [0.2, 0.25) is 0 Å². The minimum atomic E-state index is -0.490. The van der Waals surface area contributed by atoms with Gasteiger partial charge in [-0.3, -0.25) is 4.79 Å². The highest BCUT2D eigenvalue weighted by Gasteiger charge is 2.14. The van der Waals surface area contributed by atoms with Crippen LogP contribution < -0.4 is 5.32 Å². The molecule has 2 aromatic carbocycles. The van der Waals surface area contributed by atoms with E-state index in [0.29, 0.717) is 12.4 Å². The summed E-state index contributed by atoms with van der Waals surface area (Å²) in [6.45, 7) is 0.487. The fourth-order valence-electron chi connectivity index (χ4n) is 2.21. The molecule has 1 aromatic heterocycles. The number of amides is 1. The SMILES string of the molecule is O=C(Nc1ccnn1Cc1ccccc1Br)c1ccc(F)cc1Cl. The quantitative estimate of drug-likeness (QED) is 0.678. The number of hydrogen-bond acceptors (Lipinski definition) is 2. The van der Waals surface area contributed by atoms with Crippen LogP contribution in [0.4, 0.5) is 10.2 Å². The predicted molar refractivity (Wildman–Crippen MR) is 94.8 cm³/mol. The van der Waals surface area contributed by atoms with Crippen molar-refractivity contribution in [3.8, 4) is 0 Å². The normalized spacial score (nSPS) is 10.6. The van der Waals surface area contributed by atoms with E-state index in [4.69, 9.17) is 11.6 Å². The Hall–Kier alpha value is -2.18. The van der Waals surface area contributed by atoms with E-state index >= 15 is 0 Å². The Labute approximate surface area is 151 Å². The summed E-state index contributed by atoms with van der Waals surface area (Å²) in [5.41, 5.74) is 1.23.